The van der Waals surface area contributed by atoms with Crippen molar-refractivity contribution in [2.24, 2.45) is 5.92 Å². The van der Waals surface area contributed by atoms with E-state index in [0.29, 0.717) is 5.92 Å². The van der Waals surface area contributed by atoms with Crippen LogP contribution in [0.3, 0.4) is 0 Å². The largest absolute Gasteiger partial charge is 0.493 e. The van der Waals surface area contributed by atoms with Crippen molar-refractivity contribution in [1.29, 1.82) is 0 Å². The van der Waals surface area contributed by atoms with Crippen LogP contribution in [0, 0.1) is 5.92 Å². The molecule has 0 spiro atoms. The van der Waals surface area contributed by atoms with Gasteiger partial charge in [0.1, 0.15) is 5.75 Å². The third kappa shape index (κ3) is 4.12. The van der Waals surface area contributed by atoms with Gasteiger partial charge in [0.25, 0.3) is 0 Å². The van der Waals surface area contributed by atoms with Gasteiger partial charge >= 0.3 is 0 Å². The van der Waals surface area contributed by atoms with E-state index in [0.717, 1.165) is 43.3 Å². The van der Waals surface area contributed by atoms with Crippen LogP contribution in [0.1, 0.15) is 37.8 Å². The first kappa shape index (κ1) is 14.7. The lowest BCUT2D eigenvalue weighted by Gasteiger charge is -2.15. The highest BCUT2D eigenvalue weighted by molar-refractivity contribution is 6.30. The number of benzene rings is 1. The Kier molecular flexibility index (Phi) is 5.53. The molecule has 19 heavy (non-hydrogen) atoms. The van der Waals surface area contributed by atoms with E-state index in [1.165, 1.54) is 24.0 Å². The number of rotatable bonds is 7. The quantitative estimate of drug-likeness (QED) is 0.767. The molecule has 0 radical (unpaired) electrons. The van der Waals surface area contributed by atoms with E-state index in [2.05, 4.69) is 25.2 Å². The molecule has 3 heteroatoms. The second-order valence-corrected chi connectivity index (χ2v) is 5.94. The Hall–Kier alpha value is -0.730. The molecule has 1 heterocycles. The van der Waals surface area contributed by atoms with Gasteiger partial charge in [0.2, 0.25) is 0 Å². The van der Waals surface area contributed by atoms with Gasteiger partial charge in [-0.2, -0.15) is 0 Å². The van der Waals surface area contributed by atoms with Crippen LogP contribution < -0.4 is 10.1 Å². The molecule has 0 amide bonds. The number of hydrogen-bond donors (Lipinski definition) is 1. The fraction of sp³-hybridized carbons (Fsp3) is 0.625. The van der Waals surface area contributed by atoms with E-state index < -0.39 is 0 Å². The molecular weight excluding hydrogens is 258 g/mol. The van der Waals surface area contributed by atoms with E-state index in [9.17, 15) is 0 Å². The smallest absolute Gasteiger partial charge is 0.125 e. The Morgan fingerprint density at radius 2 is 2.21 bits per heavy atom. The zero-order valence-electron chi connectivity index (χ0n) is 12.0. The van der Waals surface area contributed by atoms with Crippen molar-refractivity contribution in [3.63, 3.8) is 0 Å². The predicted octanol–water partition coefficient (Wildman–Crippen LogP) is 3.84. The molecule has 0 aromatic heterocycles. The van der Waals surface area contributed by atoms with Gasteiger partial charge in [0.05, 0.1) is 6.61 Å². The average molecular weight is 282 g/mol. The van der Waals surface area contributed by atoms with Crippen molar-refractivity contribution in [1.82, 2.24) is 5.32 Å². The van der Waals surface area contributed by atoms with Crippen LogP contribution in [0.15, 0.2) is 12.1 Å². The van der Waals surface area contributed by atoms with Gasteiger partial charge in [-0.1, -0.05) is 25.4 Å². The van der Waals surface area contributed by atoms with Crippen LogP contribution >= 0.6 is 11.6 Å². The topological polar surface area (TPSA) is 21.3 Å². The normalized spacial score (nSPS) is 15.1. The van der Waals surface area contributed by atoms with Gasteiger partial charge in [-0.3, -0.25) is 0 Å². The molecule has 1 aliphatic heterocycles. The molecule has 1 aromatic carbocycles. The van der Waals surface area contributed by atoms with Crippen molar-refractivity contribution in [3.05, 3.63) is 28.3 Å². The highest BCUT2D eigenvalue weighted by Gasteiger charge is 2.18. The third-order valence-corrected chi connectivity index (χ3v) is 3.85. The van der Waals surface area contributed by atoms with E-state index >= 15 is 0 Å². The summed E-state index contributed by atoms with van der Waals surface area (Å²) < 4.78 is 5.75. The average Bonchev–Trinajstić information content (AvgIpc) is 2.82. The maximum Gasteiger partial charge on any atom is 0.125 e. The monoisotopic (exact) mass is 281 g/mol. The molecule has 0 bridgehead atoms. The first-order chi connectivity index (χ1) is 9.20. The summed E-state index contributed by atoms with van der Waals surface area (Å²) >= 11 is 6.19. The molecule has 1 aliphatic rings. The number of nitrogens with one attached hydrogen (secondary N) is 1. The summed E-state index contributed by atoms with van der Waals surface area (Å²) in [4.78, 5) is 0. The molecule has 1 N–H and O–H groups in total. The lowest BCUT2D eigenvalue weighted by atomic mass is 9.96. The fourth-order valence-electron chi connectivity index (χ4n) is 2.63. The van der Waals surface area contributed by atoms with Gasteiger partial charge in [-0.25, -0.2) is 0 Å². The van der Waals surface area contributed by atoms with Gasteiger partial charge in [-0.15, -0.1) is 0 Å². The summed E-state index contributed by atoms with van der Waals surface area (Å²) in [6, 6.07) is 4.11. The Morgan fingerprint density at radius 3 is 3.00 bits per heavy atom. The zero-order chi connectivity index (χ0) is 13.7. The molecule has 2 rings (SSSR count). The van der Waals surface area contributed by atoms with Gasteiger partial charge in [0, 0.05) is 11.4 Å². The third-order valence-electron chi connectivity index (χ3n) is 3.63. The number of halogens is 1. The summed E-state index contributed by atoms with van der Waals surface area (Å²) in [6.07, 6.45) is 4.44. The molecule has 0 saturated heterocycles. The predicted molar refractivity (Wildman–Crippen MR) is 81.3 cm³/mol. The van der Waals surface area contributed by atoms with E-state index in [-0.39, 0.29) is 0 Å². The lowest BCUT2D eigenvalue weighted by molar-refractivity contribution is 0.350. The minimum atomic E-state index is 0.649. The highest BCUT2D eigenvalue weighted by Crippen LogP contribution is 2.34. The SMILES string of the molecule is CCCNCCC(C)Cc1cc(Cl)cc2c1OCC2. The molecule has 2 nitrogen and oxygen atoms in total. The maximum atomic E-state index is 6.19. The summed E-state index contributed by atoms with van der Waals surface area (Å²) in [7, 11) is 0. The van der Waals surface area contributed by atoms with Crippen molar-refractivity contribution < 1.29 is 4.74 Å². The van der Waals surface area contributed by atoms with Crippen molar-refractivity contribution in [2.75, 3.05) is 19.7 Å². The number of hydrogen-bond acceptors (Lipinski definition) is 2. The van der Waals surface area contributed by atoms with Crippen LogP contribution in [-0.2, 0) is 12.8 Å². The highest BCUT2D eigenvalue weighted by atomic mass is 35.5. The first-order valence-corrected chi connectivity index (χ1v) is 7.73. The minimum absolute atomic E-state index is 0.649. The summed E-state index contributed by atoms with van der Waals surface area (Å²) in [5.41, 5.74) is 2.56. The summed E-state index contributed by atoms with van der Waals surface area (Å²) in [6.45, 7) is 7.51. The Labute approximate surface area is 121 Å². The van der Waals surface area contributed by atoms with Crippen LogP contribution in [0.25, 0.3) is 0 Å². The number of ether oxygens (including phenoxy) is 1. The summed E-state index contributed by atoms with van der Waals surface area (Å²) in [5, 5.41) is 4.30. The molecule has 0 aliphatic carbocycles. The Morgan fingerprint density at radius 1 is 1.37 bits per heavy atom. The standard InChI is InChI=1S/C16H24ClNO/c1-3-6-18-7-4-12(2)9-14-11-15(17)10-13-5-8-19-16(13)14/h10-12,18H,3-9H2,1-2H3. The first-order valence-electron chi connectivity index (χ1n) is 7.35. The van der Waals surface area contributed by atoms with Gasteiger partial charge in [-0.05, 0) is 61.5 Å². The molecule has 1 unspecified atom stereocenters. The molecule has 1 atom stereocenters. The second kappa shape index (κ2) is 7.16. The van der Waals surface area contributed by atoms with E-state index in [1.807, 2.05) is 6.07 Å². The number of fused-ring (bicyclic) bond motifs is 1. The molecule has 106 valence electrons. The van der Waals surface area contributed by atoms with Gasteiger partial charge < -0.3 is 10.1 Å². The fourth-order valence-corrected chi connectivity index (χ4v) is 2.89. The van der Waals surface area contributed by atoms with Crippen LogP contribution in [0.2, 0.25) is 5.02 Å². The van der Waals surface area contributed by atoms with E-state index in [4.69, 9.17) is 16.3 Å². The minimum Gasteiger partial charge on any atom is -0.493 e. The molecule has 1 aromatic rings. The van der Waals surface area contributed by atoms with Crippen molar-refractivity contribution >= 4 is 11.6 Å². The van der Waals surface area contributed by atoms with Crippen LogP contribution in [-0.4, -0.2) is 19.7 Å². The van der Waals surface area contributed by atoms with E-state index in [1.54, 1.807) is 0 Å². The maximum absolute atomic E-state index is 6.19. The van der Waals surface area contributed by atoms with Crippen molar-refractivity contribution in [3.8, 4) is 5.75 Å². The van der Waals surface area contributed by atoms with Crippen molar-refractivity contribution in [2.45, 2.75) is 39.5 Å². The van der Waals surface area contributed by atoms with Gasteiger partial charge in [0.15, 0.2) is 0 Å². The summed E-state index contributed by atoms with van der Waals surface area (Å²) in [5.74, 6) is 1.74. The molecule has 0 saturated carbocycles. The molecule has 0 fully saturated rings. The molecular formula is C16H24ClNO. The van der Waals surface area contributed by atoms with Crippen LogP contribution in [0.4, 0.5) is 0 Å². The Bertz CT molecular complexity index is 419. The second-order valence-electron chi connectivity index (χ2n) is 5.50. The lowest BCUT2D eigenvalue weighted by Crippen LogP contribution is -2.18. The van der Waals surface area contributed by atoms with Crippen LogP contribution in [0.5, 0.6) is 5.75 Å². The Balaban J connectivity index is 1.92. The zero-order valence-corrected chi connectivity index (χ0v) is 12.7.